The molecule has 0 radical (unpaired) electrons. The number of aliphatic hydroxyl groups excluding tert-OH is 1. The van der Waals surface area contributed by atoms with Crippen LogP contribution >= 0.6 is 0 Å². The zero-order valence-electron chi connectivity index (χ0n) is 12.8. The molecule has 0 aromatic rings. The van der Waals surface area contributed by atoms with Gasteiger partial charge < -0.3 is 9.84 Å². The third-order valence-electron chi connectivity index (χ3n) is 3.37. The van der Waals surface area contributed by atoms with Crippen molar-refractivity contribution in [2.45, 2.75) is 71.8 Å². The van der Waals surface area contributed by atoms with Gasteiger partial charge in [0.25, 0.3) is 0 Å². The van der Waals surface area contributed by atoms with Gasteiger partial charge in [0.1, 0.15) is 0 Å². The lowest BCUT2D eigenvalue weighted by molar-refractivity contribution is -0.141. The molecule has 0 bridgehead atoms. The Morgan fingerprint density at radius 1 is 1.26 bits per heavy atom. The van der Waals surface area contributed by atoms with Crippen molar-refractivity contribution in [3.05, 3.63) is 12.2 Å². The number of aliphatic hydroxyl groups is 1. The lowest BCUT2D eigenvalue weighted by atomic mass is 9.95. The van der Waals surface area contributed by atoms with Crippen LogP contribution in [0.1, 0.15) is 65.7 Å². The molecule has 0 amide bonds. The maximum absolute atomic E-state index is 10.7. The fraction of sp³-hybridized carbons (Fsp3) is 0.812. The summed E-state index contributed by atoms with van der Waals surface area (Å²) in [5, 5.41) is 9.93. The van der Waals surface area contributed by atoms with Gasteiger partial charge in [-0.05, 0) is 12.8 Å². The first kappa shape index (κ1) is 18.2. The maximum atomic E-state index is 10.7. The summed E-state index contributed by atoms with van der Waals surface area (Å²) in [5.41, 5.74) is 0.960. The molecule has 0 heterocycles. The number of esters is 1. The lowest BCUT2D eigenvalue weighted by Gasteiger charge is -2.17. The molecule has 3 nitrogen and oxygen atoms in total. The molecule has 3 heteroatoms. The molecule has 0 rings (SSSR count). The van der Waals surface area contributed by atoms with E-state index in [1.54, 1.807) is 0 Å². The minimum absolute atomic E-state index is 0.110. The topological polar surface area (TPSA) is 46.5 Å². The van der Waals surface area contributed by atoms with Crippen molar-refractivity contribution in [3.63, 3.8) is 0 Å². The molecule has 1 N–H and O–H groups in total. The van der Waals surface area contributed by atoms with E-state index in [1.807, 2.05) is 6.92 Å². The summed E-state index contributed by atoms with van der Waals surface area (Å²) in [6, 6.07) is 0. The minimum atomic E-state index is -0.311. The minimum Gasteiger partial charge on any atom is -0.465 e. The number of carbonyl (C=O) groups is 1. The third kappa shape index (κ3) is 10.8. The summed E-state index contributed by atoms with van der Waals surface area (Å²) in [7, 11) is 0. The Hall–Kier alpha value is -0.830. The van der Waals surface area contributed by atoms with Gasteiger partial charge in [0.2, 0.25) is 0 Å². The molecule has 0 spiro atoms. The Bertz CT molecular complexity index is 261. The zero-order valence-corrected chi connectivity index (χ0v) is 12.8. The van der Waals surface area contributed by atoms with Crippen LogP contribution in [0.4, 0.5) is 0 Å². The van der Waals surface area contributed by atoms with Crippen molar-refractivity contribution >= 4 is 5.97 Å². The predicted molar refractivity (Wildman–Crippen MR) is 78.9 cm³/mol. The van der Waals surface area contributed by atoms with Crippen LogP contribution in [-0.2, 0) is 9.53 Å². The van der Waals surface area contributed by atoms with Crippen LogP contribution in [-0.4, -0.2) is 23.8 Å². The van der Waals surface area contributed by atoms with Crippen LogP contribution in [0.3, 0.4) is 0 Å². The Balaban J connectivity index is 3.69. The first-order chi connectivity index (χ1) is 8.97. The lowest BCUT2D eigenvalue weighted by Crippen LogP contribution is -2.15. The number of carbonyl (C=O) groups excluding carboxylic acids is 1. The zero-order chi connectivity index (χ0) is 14.7. The summed E-state index contributed by atoms with van der Waals surface area (Å²) < 4.78 is 4.95. The summed E-state index contributed by atoms with van der Waals surface area (Å²) in [4.78, 5) is 10.7. The first-order valence-electron chi connectivity index (χ1n) is 7.46. The Labute approximate surface area is 118 Å². The van der Waals surface area contributed by atoms with Gasteiger partial charge in [-0.25, -0.2) is 0 Å². The van der Waals surface area contributed by atoms with Gasteiger partial charge in [-0.2, -0.15) is 0 Å². The van der Waals surface area contributed by atoms with Gasteiger partial charge in [-0.15, -0.1) is 0 Å². The van der Waals surface area contributed by atoms with Crippen molar-refractivity contribution in [2.75, 3.05) is 6.61 Å². The molecule has 0 saturated heterocycles. The van der Waals surface area contributed by atoms with E-state index in [2.05, 4.69) is 13.5 Å². The van der Waals surface area contributed by atoms with Gasteiger partial charge >= 0.3 is 5.97 Å². The standard InChI is InChI=1S/C16H30O3/c1-5-6-7-8-9-10-16(18)11-13(2)14(3)12-19-15(4)17/h14,16,18H,2,5-12H2,1,3-4H3/t14-,16+/m1/s1. The van der Waals surface area contributed by atoms with E-state index >= 15 is 0 Å². The van der Waals surface area contributed by atoms with Crippen LogP contribution in [0.25, 0.3) is 0 Å². The van der Waals surface area contributed by atoms with Crippen LogP contribution < -0.4 is 0 Å². The van der Waals surface area contributed by atoms with Crippen LogP contribution in [0.5, 0.6) is 0 Å². The Morgan fingerprint density at radius 2 is 1.89 bits per heavy atom. The largest absolute Gasteiger partial charge is 0.465 e. The fourth-order valence-electron chi connectivity index (χ4n) is 1.95. The van der Waals surface area contributed by atoms with E-state index in [0.717, 1.165) is 18.4 Å². The SMILES string of the molecule is C=C(C[C@@H](O)CCCCCCC)[C@H](C)COC(C)=O. The van der Waals surface area contributed by atoms with Crippen molar-refractivity contribution in [3.8, 4) is 0 Å². The molecule has 19 heavy (non-hydrogen) atoms. The normalized spacial score (nSPS) is 13.9. The van der Waals surface area contributed by atoms with Gasteiger partial charge in [-0.1, -0.05) is 58.1 Å². The van der Waals surface area contributed by atoms with Gasteiger partial charge in [0.15, 0.2) is 0 Å². The van der Waals surface area contributed by atoms with Crippen LogP contribution in [0.2, 0.25) is 0 Å². The average molecular weight is 270 g/mol. The number of hydrogen-bond donors (Lipinski definition) is 1. The highest BCUT2D eigenvalue weighted by atomic mass is 16.5. The third-order valence-corrected chi connectivity index (χ3v) is 3.37. The Kier molecular flexibility index (Phi) is 10.6. The molecule has 0 aliphatic heterocycles. The van der Waals surface area contributed by atoms with Crippen LogP contribution in [0.15, 0.2) is 12.2 Å². The predicted octanol–water partition coefficient (Wildman–Crippen LogP) is 3.85. The van der Waals surface area contributed by atoms with E-state index in [4.69, 9.17) is 4.74 Å². The van der Waals surface area contributed by atoms with E-state index < -0.39 is 0 Å². The van der Waals surface area contributed by atoms with E-state index in [9.17, 15) is 9.90 Å². The number of ether oxygens (including phenoxy) is 1. The molecule has 2 atom stereocenters. The number of rotatable bonds is 11. The highest BCUT2D eigenvalue weighted by molar-refractivity contribution is 5.65. The highest BCUT2D eigenvalue weighted by Crippen LogP contribution is 2.18. The average Bonchev–Trinajstić information content (AvgIpc) is 2.35. The van der Waals surface area contributed by atoms with Gasteiger partial charge in [0.05, 0.1) is 12.7 Å². The van der Waals surface area contributed by atoms with Crippen molar-refractivity contribution in [1.29, 1.82) is 0 Å². The monoisotopic (exact) mass is 270 g/mol. The maximum Gasteiger partial charge on any atom is 0.302 e. The summed E-state index contributed by atoms with van der Waals surface area (Å²) in [6.45, 7) is 9.91. The molecule has 0 aliphatic rings. The second-order valence-corrected chi connectivity index (χ2v) is 5.42. The molecule has 0 saturated carbocycles. The van der Waals surface area contributed by atoms with Gasteiger partial charge in [0, 0.05) is 12.8 Å². The van der Waals surface area contributed by atoms with Crippen molar-refractivity contribution < 1.29 is 14.6 Å². The molecule has 0 aromatic heterocycles. The van der Waals surface area contributed by atoms with Crippen LogP contribution in [0, 0.1) is 5.92 Å². The van der Waals surface area contributed by atoms with Gasteiger partial charge in [-0.3, -0.25) is 4.79 Å². The molecule has 0 aliphatic carbocycles. The fourth-order valence-corrected chi connectivity index (χ4v) is 1.95. The molecule has 112 valence electrons. The summed E-state index contributed by atoms with van der Waals surface area (Å²) in [6.07, 6.45) is 7.18. The second kappa shape index (κ2) is 11.0. The van der Waals surface area contributed by atoms with E-state index in [-0.39, 0.29) is 18.0 Å². The molecule has 0 aromatic carbocycles. The molecular formula is C16H30O3. The smallest absolute Gasteiger partial charge is 0.302 e. The van der Waals surface area contributed by atoms with E-state index in [0.29, 0.717) is 13.0 Å². The molecule has 0 fully saturated rings. The van der Waals surface area contributed by atoms with E-state index in [1.165, 1.54) is 32.6 Å². The molecular weight excluding hydrogens is 240 g/mol. The summed E-state index contributed by atoms with van der Waals surface area (Å²) in [5.74, 6) is -0.158. The second-order valence-electron chi connectivity index (χ2n) is 5.42. The summed E-state index contributed by atoms with van der Waals surface area (Å²) >= 11 is 0. The quantitative estimate of drug-likeness (QED) is 0.352. The number of hydrogen-bond acceptors (Lipinski definition) is 3. The molecule has 0 unspecified atom stereocenters. The highest BCUT2D eigenvalue weighted by Gasteiger charge is 2.13. The Morgan fingerprint density at radius 3 is 2.47 bits per heavy atom. The van der Waals surface area contributed by atoms with Crippen molar-refractivity contribution in [2.24, 2.45) is 5.92 Å². The number of unbranched alkanes of at least 4 members (excludes halogenated alkanes) is 4. The first-order valence-corrected chi connectivity index (χ1v) is 7.46. The van der Waals surface area contributed by atoms with Crippen molar-refractivity contribution in [1.82, 2.24) is 0 Å².